The van der Waals surface area contributed by atoms with Gasteiger partial charge in [0.05, 0.1) is 13.7 Å². The van der Waals surface area contributed by atoms with Gasteiger partial charge in [0, 0.05) is 12.2 Å². The molecule has 0 saturated heterocycles. The molecule has 0 heterocycles. The monoisotopic (exact) mass is 340 g/mol. The molecule has 6 heteroatoms. The van der Waals surface area contributed by atoms with Crippen LogP contribution in [0.1, 0.15) is 20.8 Å². The predicted octanol–water partition coefficient (Wildman–Crippen LogP) is 3.39. The van der Waals surface area contributed by atoms with Gasteiger partial charge in [-0.2, -0.15) is 0 Å². The molecule has 0 aromatic heterocycles. The highest BCUT2D eigenvalue weighted by Crippen LogP contribution is 2.36. The number of esters is 2. The molecule has 0 spiro atoms. The Kier molecular flexibility index (Phi) is 8.79. The zero-order valence-corrected chi connectivity index (χ0v) is 16.0. The van der Waals surface area contributed by atoms with Crippen LogP contribution in [0, 0.1) is 0 Å². The normalized spacial score (nSPS) is 12.6. The summed E-state index contributed by atoms with van der Waals surface area (Å²) in [6, 6.07) is 0. The van der Waals surface area contributed by atoms with Crippen molar-refractivity contribution >= 4 is 20.3 Å². The minimum absolute atomic E-state index is 0.101. The third-order valence-electron chi connectivity index (χ3n) is 3.66. The fourth-order valence-electron chi connectivity index (χ4n) is 1.14. The first-order valence-corrected chi connectivity index (χ1v) is 10.3. The van der Waals surface area contributed by atoms with Gasteiger partial charge < -0.3 is 13.9 Å². The summed E-state index contributed by atoms with van der Waals surface area (Å²) in [4.78, 5) is 22.1. The van der Waals surface area contributed by atoms with Gasteiger partial charge in [-0.3, -0.25) is 0 Å². The Labute approximate surface area is 140 Å². The van der Waals surface area contributed by atoms with Crippen molar-refractivity contribution in [3.8, 4) is 0 Å². The van der Waals surface area contributed by atoms with Crippen molar-refractivity contribution in [2.24, 2.45) is 0 Å². The zero-order valence-electron chi connectivity index (χ0n) is 15.0. The van der Waals surface area contributed by atoms with E-state index in [1.165, 1.54) is 7.11 Å². The zero-order chi connectivity index (χ0) is 18.1. The minimum atomic E-state index is -1.79. The van der Waals surface area contributed by atoms with Crippen molar-refractivity contribution in [2.75, 3.05) is 20.3 Å². The molecule has 130 valence electrons. The van der Waals surface area contributed by atoms with E-state index in [0.29, 0.717) is 6.61 Å². The second-order valence-corrected chi connectivity index (χ2v) is 11.4. The van der Waals surface area contributed by atoms with E-state index in [2.05, 4.69) is 45.2 Å². The van der Waals surface area contributed by atoms with E-state index < -0.39 is 20.3 Å². The molecule has 0 rings (SSSR count). The van der Waals surface area contributed by atoms with Crippen molar-refractivity contribution in [1.82, 2.24) is 0 Å². The lowest BCUT2D eigenvalue weighted by atomic mass is 10.2. The number of carbonyl (C=O) groups is 2. The lowest BCUT2D eigenvalue weighted by Crippen LogP contribution is -2.41. The Morgan fingerprint density at radius 1 is 1.09 bits per heavy atom. The average Bonchev–Trinajstić information content (AvgIpc) is 2.45. The van der Waals surface area contributed by atoms with Crippen molar-refractivity contribution in [3.63, 3.8) is 0 Å². The molecule has 0 aliphatic carbocycles. The lowest BCUT2D eigenvalue weighted by Gasteiger charge is -2.36. The summed E-state index contributed by atoms with van der Waals surface area (Å²) in [5, 5.41) is 0.151. The number of methoxy groups -OCH3 is 1. The van der Waals surface area contributed by atoms with Crippen LogP contribution in [0.15, 0.2) is 36.5 Å². The molecule has 0 saturated carbocycles. The van der Waals surface area contributed by atoms with Crippen LogP contribution in [0.3, 0.4) is 0 Å². The van der Waals surface area contributed by atoms with Gasteiger partial charge in [0.1, 0.15) is 6.61 Å². The quantitative estimate of drug-likeness (QED) is 0.293. The topological polar surface area (TPSA) is 61.8 Å². The molecule has 5 nitrogen and oxygen atoms in total. The Morgan fingerprint density at radius 2 is 1.65 bits per heavy atom. The first kappa shape index (κ1) is 21.3. The Balaban J connectivity index is 4.14. The van der Waals surface area contributed by atoms with E-state index in [1.807, 2.05) is 0 Å². The molecular formula is C17H28O5Si. The van der Waals surface area contributed by atoms with Crippen molar-refractivity contribution in [2.45, 2.75) is 38.9 Å². The molecule has 0 aliphatic rings. The van der Waals surface area contributed by atoms with Gasteiger partial charge in [-0.25, -0.2) is 9.59 Å². The first-order chi connectivity index (χ1) is 10.5. The van der Waals surface area contributed by atoms with Gasteiger partial charge in [0.15, 0.2) is 8.32 Å². The maximum absolute atomic E-state index is 11.3. The highest BCUT2D eigenvalue weighted by molar-refractivity contribution is 6.74. The molecule has 0 atom stereocenters. The van der Waals surface area contributed by atoms with Crippen molar-refractivity contribution < 1.29 is 23.5 Å². The first-order valence-electron chi connectivity index (χ1n) is 7.40. The summed E-state index contributed by atoms with van der Waals surface area (Å²) in [5.74, 6) is -1.21. The maximum Gasteiger partial charge on any atom is 0.331 e. The van der Waals surface area contributed by atoms with Crippen molar-refractivity contribution in [3.05, 3.63) is 36.5 Å². The van der Waals surface area contributed by atoms with Gasteiger partial charge in [-0.15, -0.1) is 0 Å². The Hall–Kier alpha value is -1.66. The van der Waals surface area contributed by atoms with Crippen LogP contribution in [-0.2, 0) is 23.5 Å². The third-order valence-corrected chi connectivity index (χ3v) is 8.14. The Morgan fingerprint density at radius 3 is 2.17 bits per heavy atom. The van der Waals surface area contributed by atoms with E-state index in [9.17, 15) is 9.59 Å². The van der Waals surface area contributed by atoms with Crippen LogP contribution in [-0.4, -0.2) is 40.6 Å². The summed E-state index contributed by atoms with van der Waals surface area (Å²) >= 11 is 0. The van der Waals surface area contributed by atoms with E-state index in [1.54, 1.807) is 12.2 Å². The van der Waals surface area contributed by atoms with Crippen LogP contribution < -0.4 is 0 Å². The van der Waals surface area contributed by atoms with Crippen molar-refractivity contribution in [1.29, 1.82) is 0 Å². The SMILES string of the molecule is C=C(/C=C/COC(=O)/C=C\C(=O)OC)CO[Si](C)(C)C(C)(C)C. The van der Waals surface area contributed by atoms with Gasteiger partial charge in [0.2, 0.25) is 0 Å². The largest absolute Gasteiger partial charge is 0.466 e. The molecule has 0 aromatic carbocycles. The summed E-state index contributed by atoms with van der Waals surface area (Å²) in [7, 11) is -0.557. The second-order valence-electron chi connectivity index (χ2n) is 6.60. The summed E-state index contributed by atoms with van der Waals surface area (Å²) in [6.07, 6.45) is 5.48. The summed E-state index contributed by atoms with van der Waals surface area (Å²) < 4.78 is 15.3. The molecule has 0 radical (unpaired) electrons. The lowest BCUT2D eigenvalue weighted by molar-refractivity contribution is -0.138. The number of hydrogen-bond acceptors (Lipinski definition) is 5. The van der Waals surface area contributed by atoms with Gasteiger partial charge in [-0.05, 0) is 29.8 Å². The molecule has 0 bridgehead atoms. The van der Waals surface area contributed by atoms with Gasteiger partial charge >= 0.3 is 11.9 Å². The predicted molar refractivity (Wildman–Crippen MR) is 93.5 cm³/mol. The van der Waals surface area contributed by atoms with E-state index >= 15 is 0 Å². The van der Waals surface area contributed by atoms with Gasteiger partial charge in [-0.1, -0.05) is 33.4 Å². The van der Waals surface area contributed by atoms with Crippen LogP contribution in [0.4, 0.5) is 0 Å². The molecule has 0 N–H and O–H groups in total. The van der Waals surface area contributed by atoms with Crippen LogP contribution in [0.5, 0.6) is 0 Å². The molecule has 0 unspecified atom stereocenters. The highest BCUT2D eigenvalue weighted by Gasteiger charge is 2.36. The number of ether oxygens (including phenoxy) is 2. The molecule has 0 fully saturated rings. The highest BCUT2D eigenvalue weighted by atomic mass is 28.4. The van der Waals surface area contributed by atoms with Crippen LogP contribution in [0.25, 0.3) is 0 Å². The molecule has 0 aliphatic heterocycles. The fraction of sp³-hybridized carbons (Fsp3) is 0.529. The molecular weight excluding hydrogens is 312 g/mol. The number of rotatable bonds is 8. The minimum Gasteiger partial charge on any atom is -0.466 e. The third kappa shape index (κ3) is 9.15. The summed E-state index contributed by atoms with van der Waals surface area (Å²) in [5.41, 5.74) is 0.816. The second kappa shape index (κ2) is 9.47. The van der Waals surface area contributed by atoms with Crippen LogP contribution in [0.2, 0.25) is 18.1 Å². The molecule has 23 heavy (non-hydrogen) atoms. The fourth-order valence-corrected chi connectivity index (χ4v) is 2.11. The average molecular weight is 340 g/mol. The van der Waals surface area contributed by atoms with Crippen LogP contribution >= 0.6 is 0 Å². The molecule has 0 aromatic rings. The summed E-state index contributed by atoms with van der Waals surface area (Å²) in [6.45, 7) is 15.4. The maximum atomic E-state index is 11.3. The Bertz CT molecular complexity index is 484. The van der Waals surface area contributed by atoms with E-state index in [0.717, 1.165) is 17.7 Å². The van der Waals surface area contributed by atoms with E-state index in [-0.39, 0.29) is 11.6 Å². The smallest absolute Gasteiger partial charge is 0.331 e. The number of carbonyl (C=O) groups excluding carboxylic acids is 2. The standard InChI is InChI=1S/C17H28O5Si/c1-14(13-22-23(6,7)17(2,3)4)9-8-12-21-16(19)11-10-15(18)20-5/h8-11H,1,12-13H2,2-7H3/b9-8+,11-10-. The molecule has 0 amide bonds. The number of hydrogen-bond donors (Lipinski definition) is 0. The van der Waals surface area contributed by atoms with E-state index in [4.69, 9.17) is 9.16 Å². The van der Waals surface area contributed by atoms with Gasteiger partial charge in [0.25, 0.3) is 0 Å².